The number of nitrogens with zero attached hydrogens (tertiary/aromatic N) is 2. The largest absolute Gasteiger partial charge is 0.496 e. The van der Waals surface area contributed by atoms with Crippen molar-refractivity contribution in [1.29, 1.82) is 0 Å². The Bertz CT molecular complexity index is 884. The summed E-state index contributed by atoms with van der Waals surface area (Å²) >= 11 is 3.42. The topological polar surface area (TPSA) is 65.4 Å². The van der Waals surface area contributed by atoms with Crippen molar-refractivity contribution >= 4 is 27.5 Å². The summed E-state index contributed by atoms with van der Waals surface area (Å²) in [4.78, 5) is 12.7. The highest BCUT2D eigenvalue weighted by molar-refractivity contribution is 9.10. The van der Waals surface area contributed by atoms with Gasteiger partial charge in [0.2, 0.25) is 0 Å². The lowest BCUT2D eigenvalue weighted by Gasteiger charge is -2.12. The zero-order chi connectivity index (χ0) is 18.5. The molecule has 0 aliphatic carbocycles. The maximum atomic E-state index is 12.7. The van der Waals surface area contributed by atoms with Crippen molar-refractivity contribution in [2.45, 2.75) is 6.54 Å². The van der Waals surface area contributed by atoms with E-state index in [0.717, 1.165) is 10.0 Å². The summed E-state index contributed by atoms with van der Waals surface area (Å²) in [7, 11) is 3.03. The Morgan fingerprint density at radius 3 is 2.38 bits per heavy atom. The molecule has 1 aromatic heterocycles. The van der Waals surface area contributed by atoms with E-state index in [0.29, 0.717) is 29.3 Å². The molecule has 0 saturated carbocycles. The van der Waals surface area contributed by atoms with E-state index < -0.39 is 0 Å². The van der Waals surface area contributed by atoms with Crippen molar-refractivity contribution in [1.82, 2.24) is 9.78 Å². The summed E-state index contributed by atoms with van der Waals surface area (Å²) in [5, 5.41) is 7.13. The Hall–Kier alpha value is -2.80. The minimum Gasteiger partial charge on any atom is -0.496 e. The van der Waals surface area contributed by atoms with E-state index in [2.05, 4.69) is 26.3 Å². The molecule has 1 heterocycles. The first-order valence-corrected chi connectivity index (χ1v) is 8.69. The number of halogens is 1. The fourth-order valence-electron chi connectivity index (χ4n) is 2.56. The van der Waals surface area contributed by atoms with Crippen LogP contribution in [-0.2, 0) is 6.54 Å². The van der Waals surface area contributed by atoms with Crippen LogP contribution in [0.15, 0.2) is 59.3 Å². The van der Waals surface area contributed by atoms with Crippen molar-refractivity contribution in [2.24, 2.45) is 0 Å². The van der Waals surface area contributed by atoms with Crippen LogP contribution in [0.3, 0.4) is 0 Å². The fraction of sp³-hybridized carbons (Fsp3) is 0.158. The van der Waals surface area contributed by atoms with E-state index in [-0.39, 0.29) is 5.91 Å². The van der Waals surface area contributed by atoms with Crippen LogP contribution in [0.5, 0.6) is 11.5 Å². The zero-order valence-electron chi connectivity index (χ0n) is 14.4. The van der Waals surface area contributed by atoms with Gasteiger partial charge in [-0.15, -0.1) is 0 Å². The molecule has 1 N–H and O–H groups in total. The Morgan fingerprint density at radius 1 is 1.12 bits per heavy atom. The molecule has 0 spiro atoms. The zero-order valence-corrected chi connectivity index (χ0v) is 16.0. The number of anilines is 1. The van der Waals surface area contributed by atoms with Gasteiger partial charge in [-0.2, -0.15) is 5.10 Å². The van der Waals surface area contributed by atoms with Crippen LogP contribution >= 0.6 is 15.9 Å². The SMILES string of the molecule is COc1cccc(OC)c1C(=O)Nc1cnn(Cc2ccc(Br)cc2)c1. The van der Waals surface area contributed by atoms with Crippen molar-refractivity contribution in [2.75, 3.05) is 19.5 Å². The lowest BCUT2D eigenvalue weighted by atomic mass is 10.1. The minimum atomic E-state index is -0.317. The van der Waals surface area contributed by atoms with Crippen molar-refractivity contribution in [3.8, 4) is 11.5 Å². The first kappa shape index (κ1) is 18.0. The van der Waals surface area contributed by atoms with E-state index in [9.17, 15) is 4.79 Å². The molecule has 1 amide bonds. The maximum absolute atomic E-state index is 12.7. The fourth-order valence-corrected chi connectivity index (χ4v) is 2.82. The summed E-state index contributed by atoms with van der Waals surface area (Å²) in [6, 6.07) is 13.2. The van der Waals surface area contributed by atoms with Gasteiger partial charge in [0.25, 0.3) is 5.91 Å². The third kappa shape index (κ3) is 4.05. The molecule has 0 radical (unpaired) electrons. The third-order valence-electron chi connectivity index (χ3n) is 3.80. The molecule has 134 valence electrons. The average molecular weight is 416 g/mol. The van der Waals surface area contributed by atoms with E-state index in [1.165, 1.54) is 14.2 Å². The van der Waals surface area contributed by atoms with Gasteiger partial charge in [-0.05, 0) is 29.8 Å². The van der Waals surface area contributed by atoms with Crippen LogP contribution in [0.4, 0.5) is 5.69 Å². The van der Waals surface area contributed by atoms with E-state index in [4.69, 9.17) is 9.47 Å². The number of hydrogen-bond acceptors (Lipinski definition) is 4. The minimum absolute atomic E-state index is 0.317. The molecule has 0 unspecified atom stereocenters. The van der Waals surface area contributed by atoms with Crippen LogP contribution in [0, 0.1) is 0 Å². The van der Waals surface area contributed by atoms with Gasteiger partial charge in [-0.3, -0.25) is 9.48 Å². The van der Waals surface area contributed by atoms with Gasteiger partial charge in [0.1, 0.15) is 17.1 Å². The summed E-state index contributed by atoms with van der Waals surface area (Å²) in [5.74, 6) is 0.579. The quantitative estimate of drug-likeness (QED) is 0.661. The molecule has 0 atom stereocenters. The molecule has 0 fully saturated rings. The predicted octanol–water partition coefficient (Wildman–Crippen LogP) is 3.96. The first-order valence-electron chi connectivity index (χ1n) is 7.90. The number of carbonyl (C=O) groups excluding carboxylic acids is 1. The normalized spacial score (nSPS) is 10.4. The van der Waals surface area contributed by atoms with E-state index in [1.54, 1.807) is 35.3 Å². The van der Waals surface area contributed by atoms with Gasteiger partial charge < -0.3 is 14.8 Å². The number of hydrogen-bond donors (Lipinski definition) is 1. The number of carbonyl (C=O) groups is 1. The van der Waals surface area contributed by atoms with Crippen LogP contribution in [0.2, 0.25) is 0 Å². The molecular formula is C19H18BrN3O3. The number of nitrogens with one attached hydrogen (secondary N) is 1. The average Bonchev–Trinajstić information content (AvgIpc) is 3.09. The third-order valence-corrected chi connectivity index (χ3v) is 4.33. The summed E-state index contributed by atoms with van der Waals surface area (Å²) < 4.78 is 13.3. The first-order chi connectivity index (χ1) is 12.6. The molecule has 0 aliphatic heterocycles. The van der Waals surface area contributed by atoms with Crippen molar-refractivity contribution in [3.05, 3.63) is 70.5 Å². The van der Waals surface area contributed by atoms with Crippen LogP contribution in [-0.4, -0.2) is 29.9 Å². The van der Waals surface area contributed by atoms with E-state index in [1.807, 2.05) is 24.3 Å². The Morgan fingerprint density at radius 2 is 1.77 bits per heavy atom. The lowest BCUT2D eigenvalue weighted by molar-refractivity contribution is 0.102. The number of benzene rings is 2. The van der Waals surface area contributed by atoms with E-state index >= 15 is 0 Å². The number of ether oxygens (including phenoxy) is 2. The van der Waals surface area contributed by atoms with Crippen LogP contribution in [0.25, 0.3) is 0 Å². The number of methoxy groups -OCH3 is 2. The summed E-state index contributed by atoms with van der Waals surface area (Å²) in [6.45, 7) is 0.612. The Kier molecular flexibility index (Phi) is 5.58. The van der Waals surface area contributed by atoms with Gasteiger partial charge in [0.15, 0.2) is 0 Å². The second kappa shape index (κ2) is 8.05. The molecule has 3 aromatic rings. The van der Waals surface area contributed by atoms with Crippen LogP contribution in [0.1, 0.15) is 15.9 Å². The molecule has 0 saturated heterocycles. The molecule has 0 aliphatic rings. The highest BCUT2D eigenvalue weighted by Crippen LogP contribution is 2.29. The molecule has 26 heavy (non-hydrogen) atoms. The Labute approximate surface area is 159 Å². The van der Waals surface area contributed by atoms with Gasteiger partial charge in [0.05, 0.1) is 32.6 Å². The highest BCUT2D eigenvalue weighted by atomic mass is 79.9. The molecular weight excluding hydrogens is 398 g/mol. The number of amides is 1. The smallest absolute Gasteiger partial charge is 0.263 e. The molecule has 6 nitrogen and oxygen atoms in total. The summed E-state index contributed by atoms with van der Waals surface area (Å²) in [6.07, 6.45) is 3.39. The predicted molar refractivity (Wildman–Crippen MR) is 103 cm³/mol. The molecule has 2 aromatic carbocycles. The van der Waals surface area contributed by atoms with Crippen molar-refractivity contribution < 1.29 is 14.3 Å². The lowest BCUT2D eigenvalue weighted by Crippen LogP contribution is -2.14. The maximum Gasteiger partial charge on any atom is 0.263 e. The molecule has 0 bridgehead atoms. The number of aromatic nitrogens is 2. The van der Waals surface area contributed by atoms with Gasteiger partial charge >= 0.3 is 0 Å². The van der Waals surface area contributed by atoms with Gasteiger partial charge in [-0.25, -0.2) is 0 Å². The molecule has 7 heteroatoms. The van der Waals surface area contributed by atoms with Crippen LogP contribution < -0.4 is 14.8 Å². The monoisotopic (exact) mass is 415 g/mol. The Balaban J connectivity index is 1.75. The second-order valence-electron chi connectivity index (χ2n) is 5.54. The molecule has 3 rings (SSSR count). The standard InChI is InChI=1S/C19H18BrN3O3/c1-25-16-4-3-5-17(26-2)18(16)19(24)22-15-10-21-23(12-15)11-13-6-8-14(20)9-7-13/h3-10,12H,11H2,1-2H3,(H,22,24). The van der Waals surface area contributed by atoms with Crippen molar-refractivity contribution in [3.63, 3.8) is 0 Å². The van der Waals surface area contributed by atoms with Gasteiger partial charge in [-0.1, -0.05) is 34.1 Å². The second-order valence-corrected chi connectivity index (χ2v) is 6.46. The van der Waals surface area contributed by atoms with Gasteiger partial charge in [0, 0.05) is 10.7 Å². The highest BCUT2D eigenvalue weighted by Gasteiger charge is 2.18. The summed E-state index contributed by atoms with van der Waals surface area (Å²) in [5.41, 5.74) is 2.05. The number of rotatable bonds is 6.